The average Bonchev–Trinajstić information content (AvgIpc) is 3.25. The molecule has 0 aromatic heterocycles. The molecule has 2 aromatic rings. The van der Waals surface area contributed by atoms with Crippen LogP contribution in [0, 0.1) is 11.3 Å². The van der Waals surface area contributed by atoms with Gasteiger partial charge < -0.3 is 10.0 Å². The van der Waals surface area contributed by atoms with E-state index in [-0.39, 0.29) is 38.5 Å². The summed E-state index contributed by atoms with van der Waals surface area (Å²) in [7, 11) is 0. The van der Waals surface area contributed by atoms with Crippen molar-refractivity contribution < 1.29 is 23.1 Å². The third-order valence-electron chi connectivity index (χ3n) is 6.96. The number of hydrogen-bond donors (Lipinski definition) is 1. The van der Waals surface area contributed by atoms with Crippen LogP contribution in [-0.2, 0) is 11.3 Å². The molecule has 4 nitrogen and oxygen atoms in total. The molecule has 2 aromatic carbocycles. The molecule has 172 valence electrons. The number of benzene rings is 2. The number of hydrogen-bond acceptors (Lipinski definition) is 3. The molecule has 0 saturated carbocycles. The van der Waals surface area contributed by atoms with Gasteiger partial charge in [-0.2, -0.15) is 13.2 Å². The summed E-state index contributed by atoms with van der Waals surface area (Å²) in [5.74, 6) is -0.880. The van der Waals surface area contributed by atoms with Crippen LogP contribution in [0.5, 0.6) is 0 Å². The van der Waals surface area contributed by atoms with Gasteiger partial charge in [-0.3, -0.25) is 9.69 Å². The van der Waals surface area contributed by atoms with Crippen molar-refractivity contribution in [1.29, 1.82) is 0 Å². The monoisotopic (exact) mass is 446 g/mol. The number of carbonyl (C=O) groups excluding carboxylic acids is 1. The van der Waals surface area contributed by atoms with Crippen molar-refractivity contribution >= 4 is 5.91 Å². The van der Waals surface area contributed by atoms with Crippen LogP contribution >= 0.6 is 0 Å². The molecule has 1 amide bonds. The van der Waals surface area contributed by atoms with Crippen molar-refractivity contribution in [2.45, 2.75) is 38.1 Å². The largest absolute Gasteiger partial charge is 0.404 e. The summed E-state index contributed by atoms with van der Waals surface area (Å²) < 4.78 is 42.7. The maximum Gasteiger partial charge on any atom is 0.404 e. The Balaban J connectivity index is 1.42. The van der Waals surface area contributed by atoms with Gasteiger partial charge in [-0.05, 0) is 42.9 Å². The van der Waals surface area contributed by atoms with Crippen molar-refractivity contribution in [1.82, 2.24) is 9.80 Å². The van der Waals surface area contributed by atoms with Gasteiger partial charge in [0.25, 0.3) is 0 Å². The normalized spacial score (nSPS) is 23.9. The van der Waals surface area contributed by atoms with Gasteiger partial charge >= 0.3 is 6.18 Å². The minimum absolute atomic E-state index is 0.0681. The summed E-state index contributed by atoms with van der Waals surface area (Å²) in [5, 5.41) is 10.6. The van der Waals surface area contributed by atoms with E-state index in [0.717, 1.165) is 11.1 Å². The van der Waals surface area contributed by atoms with Crippen LogP contribution in [0.2, 0.25) is 0 Å². The maximum absolute atomic E-state index is 14.2. The Bertz CT molecular complexity index is 898. The topological polar surface area (TPSA) is 43.8 Å². The van der Waals surface area contributed by atoms with E-state index in [1.54, 1.807) is 4.90 Å². The molecule has 0 aliphatic carbocycles. The minimum Gasteiger partial charge on any atom is -0.388 e. The second-order valence-corrected chi connectivity index (χ2v) is 9.01. The average molecular weight is 447 g/mol. The molecule has 2 heterocycles. The summed E-state index contributed by atoms with van der Waals surface area (Å²) in [6, 6.07) is 18.6. The van der Waals surface area contributed by atoms with E-state index in [2.05, 4.69) is 0 Å². The van der Waals surface area contributed by atoms with Crippen LogP contribution in [0.4, 0.5) is 13.2 Å². The Hall–Kier alpha value is -2.38. The lowest BCUT2D eigenvalue weighted by Crippen LogP contribution is -2.55. The second kappa shape index (κ2) is 9.24. The zero-order chi connectivity index (χ0) is 22.8. The molecular weight excluding hydrogens is 417 g/mol. The van der Waals surface area contributed by atoms with E-state index in [4.69, 9.17) is 0 Å². The number of rotatable bonds is 5. The van der Waals surface area contributed by atoms with E-state index in [1.807, 2.05) is 60.7 Å². The van der Waals surface area contributed by atoms with Crippen LogP contribution in [0.3, 0.4) is 0 Å². The number of carbonyl (C=O) groups is 1. The lowest BCUT2D eigenvalue weighted by Gasteiger charge is -2.40. The van der Waals surface area contributed by atoms with Crippen molar-refractivity contribution in [3.8, 4) is 0 Å². The number of aliphatic hydroxyl groups is 1. The molecule has 32 heavy (non-hydrogen) atoms. The van der Waals surface area contributed by atoms with E-state index < -0.39 is 23.6 Å². The molecule has 2 unspecified atom stereocenters. The van der Waals surface area contributed by atoms with Crippen LogP contribution in [0.1, 0.15) is 36.5 Å². The molecule has 2 saturated heterocycles. The smallest absolute Gasteiger partial charge is 0.388 e. The number of likely N-dealkylation sites (tertiary alicyclic amines) is 2. The van der Waals surface area contributed by atoms with Crippen molar-refractivity contribution in [2.24, 2.45) is 11.3 Å². The van der Waals surface area contributed by atoms with E-state index in [1.165, 1.54) is 4.90 Å². The number of halogens is 3. The van der Waals surface area contributed by atoms with E-state index >= 15 is 0 Å². The Labute approximate surface area is 186 Å². The third-order valence-corrected chi connectivity index (χ3v) is 6.96. The SMILES string of the molecule is O=C(N1CCC(C(O)c2ccccc2)CC1)C1(C(F)(F)F)CCN(Cc2ccccc2)C1. The molecule has 0 radical (unpaired) electrons. The van der Waals surface area contributed by atoms with Gasteiger partial charge in [0, 0.05) is 26.2 Å². The van der Waals surface area contributed by atoms with Crippen molar-refractivity contribution in [3.63, 3.8) is 0 Å². The molecule has 2 atom stereocenters. The van der Waals surface area contributed by atoms with Crippen molar-refractivity contribution in [3.05, 3.63) is 71.8 Å². The number of amides is 1. The highest BCUT2D eigenvalue weighted by molar-refractivity contribution is 5.84. The third kappa shape index (κ3) is 4.55. The van der Waals surface area contributed by atoms with Crippen LogP contribution < -0.4 is 0 Å². The quantitative estimate of drug-likeness (QED) is 0.740. The fraction of sp³-hybridized carbons (Fsp3) is 0.480. The molecule has 1 N–H and O–H groups in total. The first-order valence-electron chi connectivity index (χ1n) is 11.2. The highest BCUT2D eigenvalue weighted by Crippen LogP contribution is 2.47. The molecule has 7 heteroatoms. The fourth-order valence-corrected chi connectivity index (χ4v) is 5.04. The van der Waals surface area contributed by atoms with Gasteiger partial charge in [0.1, 0.15) is 0 Å². The lowest BCUT2D eigenvalue weighted by atomic mass is 9.82. The second-order valence-electron chi connectivity index (χ2n) is 9.01. The number of piperidine rings is 1. The first-order valence-corrected chi connectivity index (χ1v) is 11.2. The van der Waals surface area contributed by atoms with Crippen LogP contribution in [-0.4, -0.2) is 53.2 Å². The Morgan fingerprint density at radius 3 is 2.19 bits per heavy atom. The highest BCUT2D eigenvalue weighted by atomic mass is 19.4. The van der Waals surface area contributed by atoms with E-state index in [0.29, 0.717) is 19.4 Å². The summed E-state index contributed by atoms with van der Waals surface area (Å²) in [5.41, 5.74) is -0.614. The summed E-state index contributed by atoms with van der Waals surface area (Å²) in [6.45, 7) is 0.811. The highest BCUT2D eigenvalue weighted by Gasteiger charge is 2.64. The molecule has 2 fully saturated rings. The summed E-state index contributed by atoms with van der Waals surface area (Å²) >= 11 is 0. The van der Waals surface area contributed by atoms with Gasteiger partial charge in [-0.15, -0.1) is 0 Å². The van der Waals surface area contributed by atoms with Gasteiger partial charge in [-0.1, -0.05) is 60.7 Å². The van der Waals surface area contributed by atoms with Crippen molar-refractivity contribution in [2.75, 3.05) is 26.2 Å². The predicted molar refractivity (Wildman–Crippen MR) is 116 cm³/mol. The first-order chi connectivity index (χ1) is 15.3. The van der Waals surface area contributed by atoms with Gasteiger partial charge in [0.15, 0.2) is 5.41 Å². The number of aliphatic hydroxyl groups excluding tert-OH is 1. The minimum atomic E-state index is -4.60. The number of nitrogens with zero attached hydrogens (tertiary/aromatic N) is 2. The van der Waals surface area contributed by atoms with E-state index in [9.17, 15) is 23.1 Å². The molecule has 4 rings (SSSR count). The molecule has 0 bridgehead atoms. The Morgan fingerprint density at radius 1 is 1.00 bits per heavy atom. The Morgan fingerprint density at radius 2 is 1.59 bits per heavy atom. The fourth-order valence-electron chi connectivity index (χ4n) is 5.04. The van der Waals surface area contributed by atoms with Crippen LogP contribution in [0.25, 0.3) is 0 Å². The zero-order valence-corrected chi connectivity index (χ0v) is 18.0. The predicted octanol–water partition coefficient (Wildman–Crippen LogP) is 4.41. The van der Waals surface area contributed by atoms with Gasteiger partial charge in [0.05, 0.1) is 6.10 Å². The number of alkyl halides is 3. The summed E-state index contributed by atoms with van der Waals surface area (Å²) in [6.07, 6.45) is -4.50. The van der Waals surface area contributed by atoms with Gasteiger partial charge in [-0.25, -0.2) is 0 Å². The lowest BCUT2D eigenvalue weighted by molar-refractivity contribution is -0.224. The molecule has 2 aliphatic heterocycles. The maximum atomic E-state index is 14.2. The molecular formula is C25H29F3N2O2. The Kier molecular flexibility index (Phi) is 6.58. The van der Waals surface area contributed by atoms with Gasteiger partial charge in [0.2, 0.25) is 5.91 Å². The molecule has 0 spiro atoms. The zero-order valence-electron chi connectivity index (χ0n) is 18.0. The molecule has 2 aliphatic rings. The standard InChI is InChI=1S/C25H29F3N2O2/c26-25(27,28)24(13-16-29(18-24)17-19-7-3-1-4-8-19)23(32)30-14-11-21(12-15-30)22(31)20-9-5-2-6-10-20/h1-10,21-22,31H,11-18H2. The first kappa shape index (κ1) is 22.8. The summed E-state index contributed by atoms with van der Waals surface area (Å²) in [4.78, 5) is 16.3. The van der Waals surface area contributed by atoms with Crippen LogP contribution in [0.15, 0.2) is 60.7 Å².